The van der Waals surface area contributed by atoms with Crippen molar-refractivity contribution in [2.45, 2.75) is 38.8 Å². The molecule has 1 aromatic carbocycles. The SMILES string of the molecule is Cc1ccc(OCC(=O)NC2CCNC(C)C2)cc1. The topological polar surface area (TPSA) is 50.4 Å². The summed E-state index contributed by atoms with van der Waals surface area (Å²) >= 11 is 0. The number of benzene rings is 1. The van der Waals surface area contributed by atoms with Crippen LogP contribution in [-0.2, 0) is 4.79 Å². The van der Waals surface area contributed by atoms with E-state index < -0.39 is 0 Å². The van der Waals surface area contributed by atoms with Gasteiger partial charge in [0.1, 0.15) is 5.75 Å². The van der Waals surface area contributed by atoms with Crippen LogP contribution in [0.15, 0.2) is 24.3 Å². The third kappa shape index (κ3) is 4.56. The number of carbonyl (C=O) groups excluding carboxylic acids is 1. The van der Waals surface area contributed by atoms with Gasteiger partial charge in [-0.05, 0) is 45.4 Å². The Morgan fingerprint density at radius 1 is 1.42 bits per heavy atom. The molecule has 2 unspecified atom stereocenters. The highest BCUT2D eigenvalue weighted by molar-refractivity contribution is 5.77. The molecule has 1 amide bonds. The Bertz CT molecular complexity index is 417. The maximum atomic E-state index is 11.8. The van der Waals surface area contributed by atoms with E-state index in [0.717, 1.165) is 25.1 Å². The number of rotatable bonds is 4. The van der Waals surface area contributed by atoms with E-state index in [9.17, 15) is 4.79 Å². The summed E-state index contributed by atoms with van der Waals surface area (Å²) in [6, 6.07) is 8.45. The van der Waals surface area contributed by atoms with Gasteiger partial charge >= 0.3 is 0 Å². The summed E-state index contributed by atoms with van der Waals surface area (Å²) in [6.07, 6.45) is 1.97. The lowest BCUT2D eigenvalue weighted by molar-refractivity contribution is -0.124. The minimum absolute atomic E-state index is 0.0420. The van der Waals surface area contributed by atoms with Crippen LogP contribution in [0, 0.1) is 6.92 Å². The first-order chi connectivity index (χ1) is 9.13. The number of nitrogens with one attached hydrogen (secondary N) is 2. The molecule has 0 saturated carbocycles. The van der Waals surface area contributed by atoms with Crippen LogP contribution in [0.3, 0.4) is 0 Å². The molecule has 1 aliphatic heterocycles. The van der Waals surface area contributed by atoms with Crippen molar-refractivity contribution < 1.29 is 9.53 Å². The van der Waals surface area contributed by atoms with Crippen LogP contribution in [0.25, 0.3) is 0 Å². The fourth-order valence-corrected chi connectivity index (χ4v) is 2.32. The lowest BCUT2D eigenvalue weighted by Gasteiger charge is -2.28. The Hall–Kier alpha value is -1.55. The molecule has 104 valence electrons. The van der Waals surface area contributed by atoms with Crippen LogP contribution in [0.5, 0.6) is 5.75 Å². The summed E-state index contributed by atoms with van der Waals surface area (Å²) < 4.78 is 5.46. The largest absolute Gasteiger partial charge is 0.484 e. The van der Waals surface area contributed by atoms with E-state index in [4.69, 9.17) is 4.74 Å². The van der Waals surface area contributed by atoms with Crippen LogP contribution in [-0.4, -0.2) is 31.1 Å². The molecular weight excluding hydrogens is 240 g/mol. The quantitative estimate of drug-likeness (QED) is 0.867. The summed E-state index contributed by atoms with van der Waals surface area (Å²) in [4.78, 5) is 11.8. The molecule has 1 aromatic rings. The van der Waals surface area contributed by atoms with Crippen LogP contribution in [0.2, 0.25) is 0 Å². The monoisotopic (exact) mass is 262 g/mol. The summed E-state index contributed by atoms with van der Waals surface area (Å²) in [6.45, 7) is 5.21. The zero-order chi connectivity index (χ0) is 13.7. The molecule has 1 saturated heterocycles. The average molecular weight is 262 g/mol. The van der Waals surface area contributed by atoms with Crippen LogP contribution in [0.4, 0.5) is 0 Å². The predicted octanol–water partition coefficient (Wildman–Crippen LogP) is 1.63. The average Bonchev–Trinajstić information content (AvgIpc) is 2.38. The van der Waals surface area contributed by atoms with Crippen LogP contribution < -0.4 is 15.4 Å². The van der Waals surface area contributed by atoms with Gasteiger partial charge in [0.25, 0.3) is 5.91 Å². The number of hydrogen-bond donors (Lipinski definition) is 2. The highest BCUT2D eigenvalue weighted by Crippen LogP contribution is 2.11. The molecule has 1 fully saturated rings. The zero-order valence-corrected chi connectivity index (χ0v) is 11.6. The predicted molar refractivity (Wildman–Crippen MR) is 75.3 cm³/mol. The van der Waals surface area contributed by atoms with E-state index in [1.807, 2.05) is 31.2 Å². The van der Waals surface area contributed by atoms with Crippen molar-refractivity contribution in [2.75, 3.05) is 13.2 Å². The van der Waals surface area contributed by atoms with Crippen molar-refractivity contribution in [3.8, 4) is 5.75 Å². The summed E-state index contributed by atoms with van der Waals surface area (Å²) in [5.41, 5.74) is 1.18. The Kier molecular flexibility index (Phi) is 4.80. The zero-order valence-electron chi connectivity index (χ0n) is 11.6. The van der Waals surface area contributed by atoms with Crippen molar-refractivity contribution >= 4 is 5.91 Å². The summed E-state index contributed by atoms with van der Waals surface area (Å²) in [5.74, 6) is 0.694. The van der Waals surface area contributed by atoms with Gasteiger partial charge in [0.05, 0.1) is 0 Å². The molecule has 4 nitrogen and oxygen atoms in total. The molecule has 2 rings (SSSR count). The maximum Gasteiger partial charge on any atom is 0.258 e. The van der Waals surface area contributed by atoms with Crippen molar-refractivity contribution in [3.63, 3.8) is 0 Å². The van der Waals surface area contributed by atoms with Gasteiger partial charge in [-0.2, -0.15) is 0 Å². The Morgan fingerprint density at radius 2 is 2.16 bits per heavy atom. The van der Waals surface area contributed by atoms with Gasteiger partial charge in [0.15, 0.2) is 6.61 Å². The lowest BCUT2D eigenvalue weighted by Crippen LogP contribution is -2.47. The molecule has 2 atom stereocenters. The second kappa shape index (κ2) is 6.57. The highest BCUT2D eigenvalue weighted by Gasteiger charge is 2.19. The Morgan fingerprint density at radius 3 is 2.84 bits per heavy atom. The molecule has 1 aliphatic rings. The number of ether oxygens (including phenoxy) is 1. The Balaban J connectivity index is 1.73. The Labute approximate surface area is 114 Å². The van der Waals surface area contributed by atoms with Gasteiger partial charge in [0.2, 0.25) is 0 Å². The second-order valence-electron chi connectivity index (χ2n) is 5.25. The molecular formula is C15H22N2O2. The number of aryl methyl sites for hydroxylation is 1. The maximum absolute atomic E-state index is 11.8. The van der Waals surface area contributed by atoms with Gasteiger partial charge < -0.3 is 15.4 Å². The van der Waals surface area contributed by atoms with Crippen molar-refractivity contribution in [1.29, 1.82) is 0 Å². The normalized spacial score (nSPS) is 22.8. The third-order valence-electron chi connectivity index (χ3n) is 3.38. The molecule has 0 aromatic heterocycles. The molecule has 0 spiro atoms. The van der Waals surface area contributed by atoms with E-state index >= 15 is 0 Å². The van der Waals surface area contributed by atoms with Gasteiger partial charge in [-0.15, -0.1) is 0 Å². The summed E-state index contributed by atoms with van der Waals surface area (Å²) in [5, 5.41) is 6.39. The summed E-state index contributed by atoms with van der Waals surface area (Å²) in [7, 11) is 0. The molecule has 19 heavy (non-hydrogen) atoms. The van der Waals surface area contributed by atoms with Crippen molar-refractivity contribution in [1.82, 2.24) is 10.6 Å². The fraction of sp³-hybridized carbons (Fsp3) is 0.533. The van der Waals surface area contributed by atoms with Crippen molar-refractivity contribution in [3.05, 3.63) is 29.8 Å². The van der Waals surface area contributed by atoms with E-state index in [1.165, 1.54) is 5.56 Å². The van der Waals surface area contributed by atoms with E-state index in [-0.39, 0.29) is 18.6 Å². The van der Waals surface area contributed by atoms with Gasteiger partial charge in [0, 0.05) is 12.1 Å². The van der Waals surface area contributed by atoms with E-state index in [2.05, 4.69) is 17.6 Å². The first-order valence-corrected chi connectivity index (χ1v) is 6.85. The van der Waals surface area contributed by atoms with Crippen LogP contribution in [0.1, 0.15) is 25.3 Å². The highest BCUT2D eigenvalue weighted by atomic mass is 16.5. The van der Waals surface area contributed by atoms with Gasteiger partial charge in [-0.1, -0.05) is 17.7 Å². The number of hydrogen-bond acceptors (Lipinski definition) is 3. The van der Waals surface area contributed by atoms with Gasteiger partial charge in [-0.3, -0.25) is 4.79 Å². The number of carbonyl (C=O) groups is 1. The molecule has 0 aliphatic carbocycles. The van der Waals surface area contributed by atoms with E-state index in [1.54, 1.807) is 0 Å². The standard InChI is InChI=1S/C15H22N2O2/c1-11-3-5-14(6-4-11)19-10-15(18)17-13-7-8-16-12(2)9-13/h3-6,12-13,16H,7-10H2,1-2H3,(H,17,18). The molecule has 0 bridgehead atoms. The molecule has 2 N–H and O–H groups in total. The minimum Gasteiger partial charge on any atom is -0.484 e. The number of piperidine rings is 1. The molecule has 1 heterocycles. The van der Waals surface area contributed by atoms with E-state index in [0.29, 0.717) is 6.04 Å². The smallest absolute Gasteiger partial charge is 0.258 e. The van der Waals surface area contributed by atoms with Crippen molar-refractivity contribution in [2.24, 2.45) is 0 Å². The molecule has 4 heteroatoms. The first kappa shape index (κ1) is 13.9. The first-order valence-electron chi connectivity index (χ1n) is 6.85. The van der Waals surface area contributed by atoms with Gasteiger partial charge in [-0.25, -0.2) is 0 Å². The lowest BCUT2D eigenvalue weighted by atomic mass is 10.0. The number of amides is 1. The second-order valence-corrected chi connectivity index (χ2v) is 5.25. The minimum atomic E-state index is -0.0420. The fourth-order valence-electron chi connectivity index (χ4n) is 2.32. The molecule has 0 radical (unpaired) electrons. The van der Waals surface area contributed by atoms with Crippen LogP contribution >= 0.6 is 0 Å². The third-order valence-corrected chi connectivity index (χ3v) is 3.38.